The lowest BCUT2D eigenvalue weighted by atomic mass is 9.78. The SMILES string of the molecule is CCC1(CC)CC(NC2CCCC(C(C)C)C2)CCO1. The lowest BCUT2D eigenvalue weighted by Gasteiger charge is -2.42. The minimum Gasteiger partial charge on any atom is -0.375 e. The summed E-state index contributed by atoms with van der Waals surface area (Å²) in [5, 5.41) is 3.99. The van der Waals surface area contributed by atoms with Gasteiger partial charge in [0.05, 0.1) is 5.60 Å². The van der Waals surface area contributed by atoms with Gasteiger partial charge in [0.15, 0.2) is 0 Å². The summed E-state index contributed by atoms with van der Waals surface area (Å²) < 4.78 is 6.10. The van der Waals surface area contributed by atoms with Gasteiger partial charge in [-0.3, -0.25) is 0 Å². The van der Waals surface area contributed by atoms with Crippen molar-refractivity contribution in [1.29, 1.82) is 0 Å². The highest BCUT2D eigenvalue weighted by Crippen LogP contribution is 2.34. The van der Waals surface area contributed by atoms with Crippen LogP contribution in [0.3, 0.4) is 0 Å². The first-order valence-electron chi connectivity index (χ1n) is 8.98. The average Bonchev–Trinajstić information content (AvgIpc) is 2.47. The van der Waals surface area contributed by atoms with Crippen molar-refractivity contribution in [2.45, 2.75) is 96.7 Å². The Hall–Kier alpha value is -0.0800. The van der Waals surface area contributed by atoms with Gasteiger partial charge in [0.2, 0.25) is 0 Å². The first kappa shape index (κ1) is 16.3. The normalized spacial score (nSPS) is 34.4. The van der Waals surface area contributed by atoms with E-state index in [1.807, 2.05) is 0 Å². The Balaban J connectivity index is 1.86. The molecule has 1 aliphatic carbocycles. The highest BCUT2D eigenvalue weighted by molar-refractivity contribution is 4.90. The minimum atomic E-state index is 0.155. The lowest BCUT2D eigenvalue weighted by Crippen LogP contribution is -2.50. The molecule has 3 atom stereocenters. The molecule has 1 aliphatic heterocycles. The maximum Gasteiger partial charge on any atom is 0.0692 e. The Kier molecular flexibility index (Phi) is 5.92. The predicted octanol–water partition coefficient (Wildman–Crippen LogP) is 4.53. The number of hydrogen-bond donors (Lipinski definition) is 1. The van der Waals surface area contributed by atoms with Gasteiger partial charge in [0.1, 0.15) is 0 Å². The molecule has 2 nitrogen and oxygen atoms in total. The zero-order valence-corrected chi connectivity index (χ0v) is 14.1. The van der Waals surface area contributed by atoms with Gasteiger partial charge in [0.25, 0.3) is 0 Å². The van der Waals surface area contributed by atoms with Crippen molar-refractivity contribution >= 4 is 0 Å². The van der Waals surface area contributed by atoms with Crippen LogP contribution in [0.5, 0.6) is 0 Å². The van der Waals surface area contributed by atoms with Crippen molar-refractivity contribution in [3.05, 3.63) is 0 Å². The van der Waals surface area contributed by atoms with E-state index < -0.39 is 0 Å². The summed E-state index contributed by atoms with van der Waals surface area (Å²) in [6.45, 7) is 10.3. The molecular formula is C18H35NO. The van der Waals surface area contributed by atoms with Gasteiger partial charge < -0.3 is 10.1 Å². The van der Waals surface area contributed by atoms with Crippen LogP contribution >= 0.6 is 0 Å². The van der Waals surface area contributed by atoms with Crippen LogP contribution in [0.4, 0.5) is 0 Å². The molecule has 20 heavy (non-hydrogen) atoms. The van der Waals surface area contributed by atoms with Crippen LogP contribution in [0.2, 0.25) is 0 Å². The van der Waals surface area contributed by atoms with Crippen LogP contribution in [-0.2, 0) is 4.74 Å². The van der Waals surface area contributed by atoms with Gasteiger partial charge in [0, 0.05) is 18.7 Å². The number of nitrogens with one attached hydrogen (secondary N) is 1. The maximum atomic E-state index is 6.10. The minimum absolute atomic E-state index is 0.155. The lowest BCUT2D eigenvalue weighted by molar-refractivity contribution is -0.0947. The van der Waals surface area contributed by atoms with Gasteiger partial charge in [-0.25, -0.2) is 0 Å². The van der Waals surface area contributed by atoms with E-state index in [2.05, 4.69) is 33.0 Å². The molecule has 0 aromatic heterocycles. The third kappa shape index (κ3) is 3.98. The largest absolute Gasteiger partial charge is 0.375 e. The predicted molar refractivity (Wildman–Crippen MR) is 86.0 cm³/mol. The summed E-state index contributed by atoms with van der Waals surface area (Å²) in [6, 6.07) is 1.44. The average molecular weight is 281 g/mol. The van der Waals surface area contributed by atoms with E-state index in [1.54, 1.807) is 0 Å². The fourth-order valence-corrected chi connectivity index (χ4v) is 4.23. The number of hydrogen-bond acceptors (Lipinski definition) is 2. The monoisotopic (exact) mass is 281 g/mol. The molecule has 2 fully saturated rings. The van der Waals surface area contributed by atoms with Crippen LogP contribution in [0, 0.1) is 11.8 Å². The summed E-state index contributed by atoms with van der Waals surface area (Å²) in [6.07, 6.45) is 10.3. The molecule has 2 rings (SSSR count). The molecule has 0 spiro atoms. The quantitative estimate of drug-likeness (QED) is 0.799. The summed E-state index contributed by atoms with van der Waals surface area (Å²) in [5.41, 5.74) is 0.155. The van der Waals surface area contributed by atoms with E-state index in [0.29, 0.717) is 6.04 Å². The Morgan fingerprint density at radius 1 is 1.10 bits per heavy atom. The van der Waals surface area contributed by atoms with Crippen LogP contribution < -0.4 is 5.32 Å². The maximum absolute atomic E-state index is 6.10. The standard InChI is InChI=1S/C18H35NO/c1-5-18(6-2)13-17(10-11-20-18)19-16-9-7-8-15(12-16)14(3)4/h14-17,19H,5-13H2,1-4H3. The highest BCUT2D eigenvalue weighted by Gasteiger charge is 2.35. The second-order valence-electron chi connectivity index (χ2n) is 7.46. The van der Waals surface area contributed by atoms with E-state index in [4.69, 9.17) is 4.74 Å². The van der Waals surface area contributed by atoms with Crippen molar-refractivity contribution in [3.8, 4) is 0 Å². The van der Waals surface area contributed by atoms with Crippen molar-refractivity contribution in [2.75, 3.05) is 6.61 Å². The fourth-order valence-electron chi connectivity index (χ4n) is 4.23. The summed E-state index contributed by atoms with van der Waals surface area (Å²) in [4.78, 5) is 0. The van der Waals surface area contributed by atoms with Crippen LogP contribution in [-0.4, -0.2) is 24.3 Å². The van der Waals surface area contributed by atoms with Crippen LogP contribution in [0.1, 0.15) is 79.1 Å². The van der Waals surface area contributed by atoms with Crippen molar-refractivity contribution in [1.82, 2.24) is 5.32 Å². The van der Waals surface area contributed by atoms with E-state index in [-0.39, 0.29) is 5.60 Å². The summed E-state index contributed by atoms with van der Waals surface area (Å²) >= 11 is 0. The third-order valence-corrected chi connectivity index (χ3v) is 5.91. The van der Waals surface area contributed by atoms with Crippen molar-refractivity contribution in [3.63, 3.8) is 0 Å². The van der Waals surface area contributed by atoms with E-state index in [0.717, 1.165) is 37.3 Å². The van der Waals surface area contributed by atoms with Crippen molar-refractivity contribution in [2.24, 2.45) is 11.8 Å². The molecule has 1 saturated heterocycles. The van der Waals surface area contributed by atoms with Gasteiger partial charge in [-0.2, -0.15) is 0 Å². The smallest absolute Gasteiger partial charge is 0.0692 e. The molecule has 1 saturated carbocycles. The van der Waals surface area contributed by atoms with E-state index >= 15 is 0 Å². The molecule has 118 valence electrons. The highest BCUT2D eigenvalue weighted by atomic mass is 16.5. The van der Waals surface area contributed by atoms with Gasteiger partial charge in [-0.05, 0) is 50.4 Å². The van der Waals surface area contributed by atoms with Crippen molar-refractivity contribution < 1.29 is 4.74 Å². The second-order valence-corrected chi connectivity index (χ2v) is 7.46. The molecule has 2 heteroatoms. The zero-order chi connectivity index (χ0) is 14.6. The van der Waals surface area contributed by atoms with Crippen LogP contribution in [0.15, 0.2) is 0 Å². The van der Waals surface area contributed by atoms with E-state index in [9.17, 15) is 0 Å². The third-order valence-electron chi connectivity index (χ3n) is 5.91. The molecule has 0 radical (unpaired) electrons. The van der Waals surface area contributed by atoms with Gasteiger partial charge in [-0.1, -0.05) is 40.5 Å². The fraction of sp³-hybridized carbons (Fsp3) is 1.00. The molecule has 0 amide bonds. The molecule has 0 bridgehead atoms. The Morgan fingerprint density at radius 3 is 2.50 bits per heavy atom. The Morgan fingerprint density at radius 2 is 1.85 bits per heavy atom. The molecule has 0 aromatic carbocycles. The van der Waals surface area contributed by atoms with Gasteiger partial charge in [-0.15, -0.1) is 0 Å². The summed E-state index contributed by atoms with van der Waals surface area (Å²) in [5.74, 6) is 1.78. The topological polar surface area (TPSA) is 21.3 Å². The molecule has 1 heterocycles. The second kappa shape index (κ2) is 7.26. The number of ether oxygens (including phenoxy) is 1. The molecule has 3 unspecified atom stereocenters. The Bertz CT molecular complexity index is 285. The van der Waals surface area contributed by atoms with Crippen LogP contribution in [0.25, 0.3) is 0 Å². The zero-order valence-electron chi connectivity index (χ0n) is 14.1. The van der Waals surface area contributed by atoms with Gasteiger partial charge >= 0.3 is 0 Å². The first-order valence-corrected chi connectivity index (χ1v) is 8.98. The Labute approximate surface area is 126 Å². The molecule has 1 N–H and O–H groups in total. The molecule has 2 aliphatic rings. The first-order chi connectivity index (χ1) is 9.58. The number of rotatable bonds is 5. The summed E-state index contributed by atoms with van der Waals surface area (Å²) in [7, 11) is 0. The molecule has 0 aromatic rings. The molecular weight excluding hydrogens is 246 g/mol. The van der Waals surface area contributed by atoms with E-state index in [1.165, 1.54) is 38.5 Å².